The summed E-state index contributed by atoms with van der Waals surface area (Å²) in [6.45, 7) is 1.70. The molecule has 0 radical (unpaired) electrons. The lowest BCUT2D eigenvalue weighted by Crippen LogP contribution is -2.06. The third kappa shape index (κ3) is 1.87. The lowest BCUT2D eigenvalue weighted by atomic mass is 10.0. The minimum Gasteiger partial charge on any atom is -0.465 e. The lowest BCUT2D eigenvalue weighted by Gasteiger charge is -2.07. The quantitative estimate of drug-likeness (QED) is 0.697. The Morgan fingerprint density at radius 2 is 2.23 bits per heavy atom. The van der Waals surface area contributed by atoms with E-state index in [1.807, 2.05) is 13.0 Å². The number of methoxy groups -OCH3 is 1. The molecule has 0 bridgehead atoms. The normalized spacial score (nSPS) is 9.77. The number of hydrogen-bond donors (Lipinski definition) is 1. The van der Waals surface area contributed by atoms with E-state index in [1.165, 1.54) is 7.11 Å². The SMILES string of the molecule is COC(=O)c1cccc(C)c1CO. The first kappa shape index (κ1) is 9.74. The molecular formula is C10H12O3. The topological polar surface area (TPSA) is 46.5 Å². The molecular weight excluding hydrogens is 168 g/mol. The van der Waals surface area contributed by atoms with E-state index in [0.29, 0.717) is 11.1 Å². The highest BCUT2D eigenvalue weighted by atomic mass is 16.5. The van der Waals surface area contributed by atoms with Gasteiger partial charge in [-0.05, 0) is 24.1 Å². The fourth-order valence-corrected chi connectivity index (χ4v) is 1.21. The van der Waals surface area contributed by atoms with Crippen LogP contribution in [0.25, 0.3) is 0 Å². The number of carbonyl (C=O) groups is 1. The summed E-state index contributed by atoms with van der Waals surface area (Å²) in [6.07, 6.45) is 0. The molecule has 1 aromatic rings. The molecule has 1 aromatic carbocycles. The van der Waals surface area contributed by atoms with Gasteiger partial charge in [0.2, 0.25) is 0 Å². The minimum absolute atomic E-state index is 0.142. The van der Waals surface area contributed by atoms with Crippen molar-refractivity contribution in [3.8, 4) is 0 Å². The van der Waals surface area contributed by atoms with Crippen LogP contribution in [0.15, 0.2) is 18.2 Å². The molecule has 0 spiro atoms. The van der Waals surface area contributed by atoms with Gasteiger partial charge in [0.05, 0.1) is 19.3 Å². The predicted octanol–water partition coefficient (Wildman–Crippen LogP) is 1.27. The van der Waals surface area contributed by atoms with E-state index in [2.05, 4.69) is 4.74 Å². The summed E-state index contributed by atoms with van der Waals surface area (Å²) in [5.74, 6) is -0.409. The summed E-state index contributed by atoms with van der Waals surface area (Å²) in [7, 11) is 1.33. The lowest BCUT2D eigenvalue weighted by molar-refractivity contribution is 0.0597. The Kier molecular flexibility index (Phi) is 3.03. The minimum atomic E-state index is -0.409. The maximum atomic E-state index is 11.2. The van der Waals surface area contributed by atoms with Crippen LogP contribution in [0.3, 0.4) is 0 Å². The largest absolute Gasteiger partial charge is 0.465 e. The van der Waals surface area contributed by atoms with Crippen LogP contribution < -0.4 is 0 Å². The Hall–Kier alpha value is -1.35. The predicted molar refractivity (Wildman–Crippen MR) is 48.4 cm³/mol. The van der Waals surface area contributed by atoms with Crippen LogP contribution in [0, 0.1) is 6.92 Å². The van der Waals surface area contributed by atoms with Gasteiger partial charge in [-0.15, -0.1) is 0 Å². The van der Waals surface area contributed by atoms with Crippen molar-refractivity contribution in [2.45, 2.75) is 13.5 Å². The molecule has 1 N–H and O–H groups in total. The van der Waals surface area contributed by atoms with Gasteiger partial charge in [-0.25, -0.2) is 4.79 Å². The van der Waals surface area contributed by atoms with Gasteiger partial charge in [-0.2, -0.15) is 0 Å². The summed E-state index contributed by atoms with van der Waals surface area (Å²) >= 11 is 0. The van der Waals surface area contributed by atoms with Gasteiger partial charge < -0.3 is 9.84 Å². The number of aliphatic hydroxyl groups is 1. The van der Waals surface area contributed by atoms with E-state index in [9.17, 15) is 4.79 Å². The third-order valence-electron chi connectivity index (χ3n) is 1.97. The van der Waals surface area contributed by atoms with E-state index in [0.717, 1.165) is 5.56 Å². The van der Waals surface area contributed by atoms with Gasteiger partial charge in [0.1, 0.15) is 0 Å². The highest BCUT2D eigenvalue weighted by Crippen LogP contribution is 2.14. The Balaban J connectivity index is 3.20. The average Bonchev–Trinajstić information content (AvgIpc) is 2.16. The molecule has 13 heavy (non-hydrogen) atoms. The number of carbonyl (C=O) groups excluding carboxylic acids is 1. The third-order valence-corrected chi connectivity index (χ3v) is 1.97. The van der Waals surface area contributed by atoms with Crippen molar-refractivity contribution in [3.05, 3.63) is 34.9 Å². The Morgan fingerprint density at radius 3 is 2.77 bits per heavy atom. The van der Waals surface area contributed by atoms with Crippen LogP contribution in [0.4, 0.5) is 0 Å². The van der Waals surface area contributed by atoms with Crippen molar-refractivity contribution in [3.63, 3.8) is 0 Å². The number of benzene rings is 1. The number of aryl methyl sites for hydroxylation is 1. The van der Waals surface area contributed by atoms with E-state index >= 15 is 0 Å². The first-order valence-corrected chi connectivity index (χ1v) is 3.98. The number of aliphatic hydroxyl groups excluding tert-OH is 1. The molecule has 0 saturated carbocycles. The zero-order chi connectivity index (χ0) is 9.84. The second kappa shape index (κ2) is 4.05. The highest BCUT2D eigenvalue weighted by Gasteiger charge is 2.11. The zero-order valence-corrected chi connectivity index (χ0v) is 7.70. The number of ether oxygens (including phenoxy) is 1. The maximum Gasteiger partial charge on any atom is 0.338 e. The molecule has 0 aromatic heterocycles. The monoisotopic (exact) mass is 180 g/mol. The molecule has 3 nitrogen and oxygen atoms in total. The summed E-state index contributed by atoms with van der Waals surface area (Å²) < 4.78 is 4.58. The van der Waals surface area contributed by atoms with Crippen molar-refractivity contribution < 1.29 is 14.6 Å². The van der Waals surface area contributed by atoms with Crippen LogP contribution in [0.5, 0.6) is 0 Å². The maximum absolute atomic E-state index is 11.2. The van der Waals surface area contributed by atoms with Gasteiger partial charge >= 0.3 is 5.97 Å². The Bertz CT molecular complexity index is 318. The van der Waals surface area contributed by atoms with Gasteiger partial charge in [0.25, 0.3) is 0 Å². The molecule has 1 rings (SSSR count). The molecule has 0 saturated heterocycles. The molecule has 0 aliphatic carbocycles. The molecule has 3 heteroatoms. The van der Waals surface area contributed by atoms with E-state index in [4.69, 9.17) is 5.11 Å². The summed E-state index contributed by atoms with van der Waals surface area (Å²) in [6, 6.07) is 5.25. The fraction of sp³-hybridized carbons (Fsp3) is 0.300. The van der Waals surface area contributed by atoms with Crippen LogP contribution in [0.2, 0.25) is 0 Å². The molecule has 0 heterocycles. The first-order chi connectivity index (χ1) is 6.20. The number of esters is 1. The van der Waals surface area contributed by atoms with Crippen LogP contribution >= 0.6 is 0 Å². The van der Waals surface area contributed by atoms with E-state index in [1.54, 1.807) is 12.1 Å². The second-order valence-corrected chi connectivity index (χ2v) is 2.75. The van der Waals surface area contributed by atoms with Crippen LogP contribution in [-0.2, 0) is 11.3 Å². The Morgan fingerprint density at radius 1 is 1.54 bits per heavy atom. The molecule has 0 fully saturated rings. The van der Waals surface area contributed by atoms with E-state index in [-0.39, 0.29) is 6.61 Å². The standard InChI is InChI=1S/C10H12O3/c1-7-4-3-5-8(9(7)6-11)10(12)13-2/h3-5,11H,6H2,1-2H3. The van der Waals surface area contributed by atoms with Gasteiger partial charge in [-0.1, -0.05) is 12.1 Å². The van der Waals surface area contributed by atoms with Crippen LogP contribution in [-0.4, -0.2) is 18.2 Å². The van der Waals surface area contributed by atoms with Crippen molar-refractivity contribution >= 4 is 5.97 Å². The smallest absolute Gasteiger partial charge is 0.338 e. The van der Waals surface area contributed by atoms with Crippen LogP contribution in [0.1, 0.15) is 21.5 Å². The van der Waals surface area contributed by atoms with Crippen molar-refractivity contribution in [1.29, 1.82) is 0 Å². The Labute approximate surface area is 77.0 Å². The summed E-state index contributed by atoms with van der Waals surface area (Å²) in [5, 5.41) is 9.04. The molecule has 0 aliphatic rings. The molecule has 0 amide bonds. The van der Waals surface area contributed by atoms with Crippen molar-refractivity contribution in [2.75, 3.05) is 7.11 Å². The molecule has 70 valence electrons. The molecule has 0 aliphatic heterocycles. The van der Waals surface area contributed by atoms with E-state index < -0.39 is 5.97 Å². The summed E-state index contributed by atoms with van der Waals surface area (Å²) in [4.78, 5) is 11.2. The van der Waals surface area contributed by atoms with Gasteiger partial charge in [-0.3, -0.25) is 0 Å². The number of hydrogen-bond acceptors (Lipinski definition) is 3. The molecule has 0 unspecified atom stereocenters. The van der Waals surface area contributed by atoms with Crippen molar-refractivity contribution in [2.24, 2.45) is 0 Å². The average molecular weight is 180 g/mol. The highest BCUT2D eigenvalue weighted by molar-refractivity contribution is 5.91. The molecule has 0 atom stereocenters. The first-order valence-electron chi connectivity index (χ1n) is 3.98. The summed E-state index contributed by atoms with van der Waals surface area (Å²) in [5.41, 5.74) is 1.96. The van der Waals surface area contributed by atoms with Gasteiger partial charge in [0.15, 0.2) is 0 Å². The number of rotatable bonds is 2. The fourth-order valence-electron chi connectivity index (χ4n) is 1.21. The second-order valence-electron chi connectivity index (χ2n) is 2.75. The zero-order valence-electron chi connectivity index (χ0n) is 7.70. The van der Waals surface area contributed by atoms with Gasteiger partial charge in [0, 0.05) is 0 Å². The van der Waals surface area contributed by atoms with Crippen molar-refractivity contribution in [1.82, 2.24) is 0 Å².